The molecule has 0 aliphatic rings. The first-order valence-electron chi connectivity index (χ1n) is 5.79. The number of unbranched alkanes of at least 4 members (excludes halogenated alkanes) is 2. The standard InChI is InChI=1S/C11H24N2OS/c1-5-7-9-13(10-8-6-2)15-12(4)11(3)14/h5-10H2,1-4H3. The molecule has 0 atom stereocenters. The molecule has 0 saturated heterocycles. The maximum atomic E-state index is 11.1. The van der Waals surface area contributed by atoms with E-state index in [1.54, 1.807) is 23.4 Å². The van der Waals surface area contributed by atoms with E-state index in [9.17, 15) is 4.79 Å². The summed E-state index contributed by atoms with van der Waals surface area (Å²) >= 11 is 1.55. The monoisotopic (exact) mass is 232 g/mol. The molecule has 15 heavy (non-hydrogen) atoms. The second kappa shape index (κ2) is 9.04. The van der Waals surface area contributed by atoms with Crippen LogP contribution in [-0.2, 0) is 4.79 Å². The van der Waals surface area contributed by atoms with Crippen LogP contribution in [0, 0.1) is 0 Å². The van der Waals surface area contributed by atoms with Crippen molar-refractivity contribution < 1.29 is 4.79 Å². The molecule has 3 nitrogen and oxygen atoms in total. The summed E-state index contributed by atoms with van der Waals surface area (Å²) in [5.74, 6) is 0.109. The normalized spacial score (nSPS) is 10.7. The molecule has 0 unspecified atom stereocenters. The molecule has 90 valence electrons. The summed E-state index contributed by atoms with van der Waals surface area (Å²) < 4.78 is 3.99. The van der Waals surface area contributed by atoms with E-state index in [4.69, 9.17) is 0 Å². The fourth-order valence-electron chi connectivity index (χ4n) is 1.09. The van der Waals surface area contributed by atoms with Crippen molar-refractivity contribution in [2.75, 3.05) is 20.1 Å². The molecule has 0 rings (SSSR count). The highest BCUT2D eigenvalue weighted by molar-refractivity contribution is 7.95. The zero-order valence-corrected chi connectivity index (χ0v) is 11.3. The van der Waals surface area contributed by atoms with Crippen molar-refractivity contribution in [3.8, 4) is 0 Å². The summed E-state index contributed by atoms with van der Waals surface area (Å²) in [5.41, 5.74) is 0. The number of carbonyl (C=O) groups is 1. The Hall–Kier alpha value is -0.220. The maximum absolute atomic E-state index is 11.1. The van der Waals surface area contributed by atoms with Crippen molar-refractivity contribution in [1.29, 1.82) is 0 Å². The molecular formula is C11H24N2OS. The van der Waals surface area contributed by atoms with Crippen molar-refractivity contribution in [1.82, 2.24) is 8.61 Å². The number of hydrogen-bond acceptors (Lipinski definition) is 3. The summed E-state index contributed by atoms with van der Waals surface area (Å²) in [5, 5.41) is 0. The minimum atomic E-state index is 0.109. The van der Waals surface area contributed by atoms with Gasteiger partial charge in [0.15, 0.2) is 0 Å². The number of amides is 1. The molecule has 0 fully saturated rings. The van der Waals surface area contributed by atoms with E-state index in [1.165, 1.54) is 25.7 Å². The zero-order chi connectivity index (χ0) is 11.7. The molecule has 4 heteroatoms. The van der Waals surface area contributed by atoms with Crippen LogP contribution in [0.4, 0.5) is 0 Å². The Bertz CT molecular complexity index is 168. The lowest BCUT2D eigenvalue weighted by Gasteiger charge is -2.25. The highest BCUT2D eigenvalue weighted by atomic mass is 32.2. The molecule has 0 aromatic carbocycles. The van der Waals surface area contributed by atoms with Crippen molar-refractivity contribution >= 4 is 18.0 Å². The van der Waals surface area contributed by atoms with Gasteiger partial charge in [0.1, 0.15) is 0 Å². The molecule has 0 aromatic heterocycles. The predicted octanol–water partition coefficient (Wildman–Crippen LogP) is 2.93. The Morgan fingerprint density at radius 2 is 1.60 bits per heavy atom. The second-order valence-corrected chi connectivity index (χ2v) is 4.96. The van der Waals surface area contributed by atoms with E-state index >= 15 is 0 Å². The van der Waals surface area contributed by atoms with Gasteiger partial charge in [-0.1, -0.05) is 26.7 Å². The van der Waals surface area contributed by atoms with Crippen molar-refractivity contribution in [3.63, 3.8) is 0 Å². The van der Waals surface area contributed by atoms with Gasteiger partial charge in [-0.15, -0.1) is 0 Å². The van der Waals surface area contributed by atoms with Gasteiger partial charge < -0.3 is 0 Å². The Morgan fingerprint density at radius 1 is 1.13 bits per heavy atom. The van der Waals surface area contributed by atoms with Crippen molar-refractivity contribution in [3.05, 3.63) is 0 Å². The van der Waals surface area contributed by atoms with E-state index in [0.717, 1.165) is 13.1 Å². The van der Waals surface area contributed by atoms with Gasteiger partial charge >= 0.3 is 0 Å². The molecule has 0 radical (unpaired) electrons. The van der Waals surface area contributed by atoms with E-state index < -0.39 is 0 Å². The predicted molar refractivity (Wildman–Crippen MR) is 67.4 cm³/mol. The van der Waals surface area contributed by atoms with Crippen LogP contribution in [0.3, 0.4) is 0 Å². The Kier molecular flexibility index (Phi) is 8.91. The molecule has 0 spiro atoms. The molecule has 0 aliphatic carbocycles. The third-order valence-corrected chi connectivity index (χ3v) is 3.30. The third kappa shape index (κ3) is 7.68. The van der Waals surface area contributed by atoms with Gasteiger partial charge in [-0.2, -0.15) is 0 Å². The van der Waals surface area contributed by atoms with Gasteiger partial charge in [-0.25, -0.2) is 4.31 Å². The van der Waals surface area contributed by atoms with Gasteiger partial charge in [0.2, 0.25) is 5.91 Å². The average molecular weight is 232 g/mol. The lowest BCUT2D eigenvalue weighted by Crippen LogP contribution is -2.27. The first-order valence-corrected chi connectivity index (χ1v) is 6.52. The molecule has 0 heterocycles. The Balaban J connectivity index is 3.92. The number of nitrogens with zero attached hydrogens (tertiary/aromatic N) is 2. The second-order valence-electron chi connectivity index (χ2n) is 3.73. The lowest BCUT2D eigenvalue weighted by atomic mass is 10.3. The molecule has 0 bridgehead atoms. The third-order valence-electron chi connectivity index (χ3n) is 2.20. The SMILES string of the molecule is CCCCN(CCCC)SN(C)C(C)=O. The first kappa shape index (κ1) is 14.8. The summed E-state index contributed by atoms with van der Waals surface area (Å²) in [4.78, 5) is 11.1. The lowest BCUT2D eigenvalue weighted by molar-refractivity contribution is -0.123. The summed E-state index contributed by atoms with van der Waals surface area (Å²) in [6, 6.07) is 0. The van der Waals surface area contributed by atoms with Gasteiger partial charge in [0.05, 0.1) is 0 Å². The summed E-state index contributed by atoms with van der Waals surface area (Å²) in [7, 11) is 1.83. The van der Waals surface area contributed by atoms with Crippen LogP contribution in [0.2, 0.25) is 0 Å². The minimum Gasteiger partial charge on any atom is -0.277 e. The Labute approximate surface area is 98.5 Å². The first-order chi connectivity index (χ1) is 7.11. The number of rotatable bonds is 8. The van der Waals surface area contributed by atoms with Crippen molar-refractivity contribution in [2.24, 2.45) is 0 Å². The summed E-state index contributed by atoms with van der Waals surface area (Å²) in [6.07, 6.45) is 4.80. The molecule has 0 aliphatic heterocycles. The quantitative estimate of drug-likeness (QED) is 0.601. The van der Waals surface area contributed by atoms with Crippen LogP contribution in [-0.4, -0.2) is 34.7 Å². The van der Waals surface area contributed by atoms with Crippen LogP contribution in [0.25, 0.3) is 0 Å². The molecule has 1 amide bonds. The van der Waals surface area contributed by atoms with Crippen LogP contribution in [0.15, 0.2) is 0 Å². The van der Waals surface area contributed by atoms with E-state index in [-0.39, 0.29) is 5.91 Å². The molecule has 0 N–H and O–H groups in total. The largest absolute Gasteiger partial charge is 0.277 e. The smallest absolute Gasteiger partial charge is 0.230 e. The topological polar surface area (TPSA) is 23.6 Å². The van der Waals surface area contributed by atoms with E-state index in [2.05, 4.69) is 18.2 Å². The van der Waals surface area contributed by atoms with Gasteiger partial charge in [0.25, 0.3) is 0 Å². The minimum absolute atomic E-state index is 0.109. The maximum Gasteiger partial charge on any atom is 0.230 e. The highest BCUT2D eigenvalue weighted by Gasteiger charge is 2.10. The van der Waals surface area contributed by atoms with E-state index in [1.807, 2.05) is 7.05 Å². The average Bonchev–Trinajstić information content (AvgIpc) is 2.21. The number of hydrogen-bond donors (Lipinski definition) is 0. The van der Waals surface area contributed by atoms with Crippen LogP contribution >= 0.6 is 12.1 Å². The zero-order valence-electron chi connectivity index (χ0n) is 10.5. The van der Waals surface area contributed by atoms with Gasteiger partial charge in [-0.05, 0) is 12.8 Å². The molecule has 0 aromatic rings. The fraction of sp³-hybridized carbons (Fsp3) is 0.909. The molecule has 0 saturated carbocycles. The van der Waals surface area contributed by atoms with Gasteiger partial charge in [0, 0.05) is 39.2 Å². The fourth-order valence-corrected chi connectivity index (χ4v) is 1.98. The van der Waals surface area contributed by atoms with Crippen LogP contribution in [0.1, 0.15) is 46.5 Å². The number of carbonyl (C=O) groups excluding carboxylic acids is 1. The van der Waals surface area contributed by atoms with E-state index in [0.29, 0.717) is 0 Å². The molecular weight excluding hydrogens is 208 g/mol. The Morgan fingerprint density at radius 3 is 1.93 bits per heavy atom. The van der Waals surface area contributed by atoms with Gasteiger partial charge in [-0.3, -0.25) is 9.10 Å². The highest BCUT2D eigenvalue weighted by Crippen LogP contribution is 2.16. The summed E-state index contributed by atoms with van der Waals surface area (Å²) in [6.45, 7) is 8.12. The van der Waals surface area contributed by atoms with Crippen LogP contribution < -0.4 is 0 Å². The van der Waals surface area contributed by atoms with Crippen LogP contribution in [0.5, 0.6) is 0 Å². The van der Waals surface area contributed by atoms with Crippen molar-refractivity contribution in [2.45, 2.75) is 46.5 Å².